The number of nitrogens with zero attached hydrogens (tertiary/aromatic N) is 1. The first-order chi connectivity index (χ1) is 19.5. The summed E-state index contributed by atoms with van der Waals surface area (Å²) in [5.41, 5.74) is 13.6. The maximum absolute atomic E-state index is 13.6. The second-order valence-corrected chi connectivity index (χ2v) is 10.1. The summed E-state index contributed by atoms with van der Waals surface area (Å²) in [6.07, 6.45) is 4.48. The maximum Gasteiger partial charge on any atom is 0.326 e. The van der Waals surface area contributed by atoms with Crippen LogP contribution in [0.4, 0.5) is 0 Å². The first-order valence-electron chi connectivity index (χ1n) is 13.2. The number of carboxylic acid groups (broad SMARTS) is 1. The fraction of sp³-hybridized carbons (Fsp3) is 0.407. The number of amides is 4. The third kappa shape index (κ3) is 8.63. The van der Waals surface area contributed by atoms with Crippen molar-refractivity contribution in [3.8, 4) is 0 Å². The number of nitrogens with two attached hydrogens (primary N) is 2. The van der Waals surface area contributed by atoms with Crippen molar-refractivity contribution in [2.75, 3.05) is 0 Å². The van der Waals surface area contributed by atoms with Crippen molar-refractivity contribution in [1.82, 2.24) is 30.9 Å². The molecule has 2 aromatic heterocycles. The zero-order chi connectivity index (χ0) is 30.1. The molecule has 0 radical (unpaired) electrons. The van der Waals surface area contributed by atoms with E-state index in [0.29, 0.717) is 5.69 Å². The van der Waals surface area contributed by atoms with Crippen LogP contribution in [0, 0.1) is 5.92 Å². The van der Waals surface area contributed by atoms with Crippen molar-refractivity contribution in [1.29, 1.82) is 0 Å². The molecule has 4 unspecified atom stereocenters. The number of hydrogen-bond donors (Lipinski definition) is 8. The summed E-state index contributed by atoms with van der Waals surface area (Å²) < 4.78 is 0. The fourth-order valence-corrected chi connectivity index (χ4v) is 4.33. The van der Waals surface area contributed by atoms with Gasteiger partial charge in [0.05, 0.1) is 12.4 Å². The van der Waals surface area contributed by atoms with Crippen molar-refractivity contribution in [3.63, 3.8) is 0 Å². The molecule has 14 nitrogen and oxygen atoms in total. The van der Waals surface area contributed by atoms with Crippen LogP contribution in [-0.4, -0.2) is 73.8 Å². The summed E-state index contributed by atoms with van der Waals surface area (Å²) in [4.78, 5) is 72.7. The summed E-state index contributed by atoms with van der Waals surface area (Å²) in [6, 6.07) is 2.73. The van der Waals surface area contributed by atoms with Crippen LogP contribution in [0.1, 0.15) is 37.9 Å². The number of para-hydroxylation sites is 1. The van der Waals surface area contributed by atoms with Crippen LogP contribution in [0.5, 0.6) is 0 Å². The van der Waals surface area contributed by atoms with E-state index in [4.69, 9.17) is 11.5 Å². The molecule has 0 saturated heterocycles. The molecular weight excluding hydrogens is 532 g/mol. The molecule has 3 aromatic rings. The highest BCUT2D eigenvalue weighted by molar-refractivity contribution is 5.95. The van der Waals surface area contributed by atoms with Gasteiger partial charge in [-0.25, -0.2) is 9.78 Å². The van der Waals surface area contributed by atoms with Gasteiger partial charge in [0.15, 0.2) is 0 Å². The Bertz CT molecular complexity index is 1370. The lowest BCUT2D eigenvalue weighted by molar-refractivity contribution is -0.143. The number of carboxylic acids is 1. The van der Waals surface area contributed by atoms with Gasteiger partial charge in [-0.3, -0.25) is 19.2 Å². The molecule has 2 heterocycles. The van der Waals surface area contributed by atoms with Gasteiger partial charge in [-0.05, 0) is 24.0 Å². The molecule has 0 fully saturated rings. The number of carbonyl (C=O) groups is 5. The summed E-state index contributed by atoms with van der Waals surface area (Å²) in [7, 11) is 0. The van der Waals surface area contributed by atoms with E-state index in [-0.39, 0.29) is 25.7 Å². The maximum atomic E-state index is 13.6. The number of primary amides is 1. The normalized spacial score (nSPS) is 14.1. The van der Waals surface area contributed by atoms with E-state index in [1.54, 1.807) is 20.0 Å². The highest BCUT2D eigenvalue weighted by Gasteiger charge is 2.32. The predicted molar refractivity (Wildman–Crippen MR) is 149 cm³/mol. The highest BCUT2D eigenvalue weighted by atomic mass is 16.4. The fourth-order valence-electron chi connectivity index (χ4n) is 4.33. The average Bonchev–Trinajstić information content (AvgIpc) is 3.58. The minimum absolute atomic E-state index is 0.0479. The third-order valence-electron chi connectivity index (χ3n) is 6.61. The van der Waals surface area contributed by atoms with Crippen molar-refractivity contribution in [3.05, 3.63) is 54.2 Å². The summed E-state index contributed by atoms with van der Waals surface area (Å²) >= 11 is 0. The number of aliphatic carboxylic acids is 1. The molecule has 0 aliphatic carbocycles. The minimum Gasteiger partial charge on any atom is -0.480 e. The lowest BCUT2D eigenvalue weighted by atomic mass is 10.0. The van der Waals surface area contributed by atoms with Crippen LogP contribution in [0.25, 0.3) is 10.9 Å². The molecule has 4 atom stereocenters. The van der Waals surface area contributed by atoms with E-state index in [9.17, 15) is 29.1 Å². The Kier molecular flexibility index (Phi) is 10.6. The topological polar surface area (TPSA) is 238 Å². The zero-order valence-corrected chi connectivity index (χ0v) is 22.8. The van der Waals surface area contributed by atoms with E-state index in [1.807, 2.05) is 24.3 Å². The van der Waals surface area contributed by atoms with Crippen LogP contribution in [0.3, 0.4) is 0 Å². The molecule has 10 N–H and O–H groups in total. The first kappa shape index (κ1) is 30.8. The molecular formula is C27H36N8O6. The predicted octanol–water partition coefficient (Wildman–Crippen LogP) is -0.536. The molecule has 3 rings (SSSR count). The van der Waals surface area contributed by atoms with Crippen LogP contribution < -0.4 is 27.4 Å². The molecule has 14 heteroatoms. The Hall–Kier alpha value is -4.72. The van der Waals surface area contributed by atoms with E-state index in [0.717, 1.165) is 16.5 Å². The highest BCUT2D eigenvalue weighted by Crippen LogP contribution is 2.19. The number of fused-ring (bicyclic) bond motifs is 1. The van der Waals surface area contributed by atoms with Gasteiger partial charge in [0, 0.05) is 48.3 Å². The van der Waals surface area contributed by atoms with Gasteiger partial charge < -0.3 is 42.5 Å². The molecule has 41 heavy (non-hydrogen) atoms. The van der Waals surface area contributed by atoms with Gasteiger partial charge in [-0.15, -0.1) is 0 Å². The summed E-state index contributed by atoms with van der Waals surface area (Å²) in [5.74, 6) is -4.53. The van der Waals surface area contributed by atoms with Gasteiger partial charge in [-0.1, -0.05) is 32.0 Å². The van der Waals surface area contributed by atoms with Crippen molar-refractivity contribution in [2.45, 2.75) is 63.7 Å². The van der Waals surface area contributed by atoms with E-state index in [2.05, 4.69) is 30.9 Å². The Morgan fingerprint density at radius 1 is 0.951 bits per heavy atom. The van der Waals surface area contributed by atoms with E-state index >= 15 is 0 Å². The second-order valence-electron chi connectivity index (χ2n) is 10.1. The first-order valence-corrected chi connectivity index (χ1v) is 13.2. The van der Waals surface area contributed by atoms with Crippen LogP contribution >= 0.6 is 0 Å². The molecule has 0 spiro atoms. The van der Waals surface area contributed by atoms with Gasteiger partial charge in [0.2, 0.25) is 23.6 Å². The monoisotopic (exact) mass is 568 g/mol. The quantitative estimate of drug-likeness (QED) is 0.118. The molecule has 0 saturated carbocycles. The standard InChI is InChI=1S/C27H36N8O6/c1-14(2)23(27(40)41)35-25(38)20(7-8-22(29)36)33-26(39)21(9-15-11-31-19-6-4-3-5-17(15)19)34-24(37)18(28)10-16-12-30-13-32-16/h3-6,11-14,18,20-21,23,31H,7-10,28H2,1-2H3,(H2,29,36)(H,30,32)(H,33,39)(H,34,37)(H,35,38)(H,40,41). The molecule has 0 aliphatic heterocycles. The number of hydrogen-bond acceptors (Lipinski definition) is 7. The number of H-pyrrole nitrogens is 2. The zero-order valence-electron chi connectivity index (χ0n) is 22.8. The third-order valence-corrected chi connectivity index (χ3v) is 6.61. The number of aromatic nitrogens is 3. The number of carbonyl (C=O) groups excluding carboxylic acids is 4. The lowest BCUT2D eigenvalue weighted by Gasteiger charge is -2.26. The number of benzene rings is 1. The summed E-state index contributed by atoms with van der Waals surface area (Å²) in [5, 5.41) is 18.0. The number of nitrogens with one attached hydrogen (secondary N) is 5. The minimum atomic E-state index is -1.29. The van der Waals surface area contributed by atoms with Gasteiger partial charge >= 0.3 is 5.97 Å². The van der Waals surface area contributed by atoms with Gasteiger partial charge in [-0.2, -0.15) is 0 Å². The smallest absolute Gasteiger partial charge is 0.326 e. The number of rotatable bonds is 15. The van der Waals surface area contributed by atoms with E-state index < -0.39 is 59.7 Å². The lowest BCUT2D eigenvalue weighted by Crippen LogP contribution is -2.58. The summed E-state index contributed by atoms with van der Waals surface area (Å²) in [6.45, 7) is 3.24. The second kappa shape index (κ2) is 14.1. The molecule has 1 aromatic carbocycles. The van der Waals surface area contributed by atoms with Gasteiger partial charge in [0.1, 0.15) is 18.1 Å². The SMILES string of the molecule is CC(C)C(NC(=O)C(CCC(N)=O)NC(=O)C(Cc1c[nH]c2ccccc12)NC(=O)C(N)Cc1cnc[nH]1)C(=O)O. The Morgan fingerprint density at radius 2 is 1.63 bits per heavy atom. The largest absolute Gasteiger partial charge is 0.480 e. The number of imidazole rings is 1. The molecule has 4 amide bonds. The van der Waals surface area contributed by atoms with Crippen molar-refractivity contribution in [2.24, 2.45) is 17.4 Å². The Morgan fingerprint density at radius 3 is 2.27 bits per heavy atom. The van der Waals surface area contributed by atoms with Crippen molar-refractivity contribution >= 4 is 40.5 Å². The van der Waals surface area contributed by atoms with Crippen molar-refractivity contribution < 1.29 is 29.1 Å². The molecule has 220 valence electrons. The van der Waals surface area contributed by atoms with Gasteiger partial charge in [0.25, 0.3) is 0 Å². The molecule has 0 bridgehead atoms. The molecule has 0 aliphatic rings. The Labute approximate surface area is 236 Å². The van der Waals surface area contributed by atoms with Crippen LogP contribution in [0.15, 0.2) is 43.0 Å². The van der Waals surface area contributed by atoms with E-state index in [1.165, 1.54) is 12.5 Å². The van der Waals surface area contributed by atoms with Crippen LogP contribution in [0.2, 0.25) is 0 Å². The van der Waals surface area contributed by atoms with Crippen LogP contribution in [-0.2, 0) is 36.8 Å². The Balaban J connectivity index is 1.84. The number of aromatic amines is 2. The average molecular weight is 569 g/mol.